The van der Waals surface area contributed by atoms with E-state index in [-0.39, 0.29) is 94.0 Å². The molecule has 2 saturated heterocycles. The summed E-state index contributed by atoms with van der Waals surface area (Å²) in [6.07, 6.45) is 0. The molecule has 20 nitrogen and oxygen atoms in total. The SMILES string of the molecule is O=S(=O)([O-])CC(c1ccc(Nc2nc(Nc3ccccc3)nc(N3CCOCC3)n2)cc1)(c1ccc(Nc2nc(Nc3ccccc3)nc(N3CCOCC3)n2)cc1)S(=O)(=O)[O-].[Na+].[Na+]. The molecule has 64 heavy (non-hydrogen) atoms. The first-order chi connectivity index (χ1) is 29.9. The van der Waals surface area contributed by atoms with Gasteiger partial charge in [-0.2, -0.15) is 29.9 Å². The Kier molecular flexibility index (Phi) is 16.5. The molecule has 0 unspecified atom stereocenters. The molecule has 4 aromatic carbocycles. The van der Waals surface area contributed by atoms with Crippen LogP contribution in [-0.2, 0) is 34.5 Å². The van der Waals surface area contributed by atoms with Crippen molar-refractivity contribution in [2.75, 3.05) is 89.4 Å². The summed E-state index contributed by atoms with van der Waals surface area (Å²) in [5.41, 5.74) is 1.69. The summed E-state index contributed by atoms with van der Waals surface area (Å²) in [6.45, 7) is 4.16. The zero-order chi connectivity index (χ0) is 43.2. The predicted octanol–water partition coefficient (Wildman–Crippen LogP) is -1.95. The quantitative estimate of drug-likeness (QED) is 0.0644. The van der Waals surface area contributed by atoms with Gasteiger partial charge in [-0.25, -0.2) is 16.8 Å². The second-order valence-electron chi connectivity index (χ2n) is 14.1. The van der Waals surface area contributed by atoms with Gasteiger partial charge >= 0.3 is 59.1 Å². The first-order valence-electron chi connectivity index (χ1n) is 19.4. The standard InChI is InChI=1S/C40H42N12O8S2.2Na/c53-61(54,55)27-40(62(56,57)58,28-11-15-32(16-12-28)43-36-45-34(41-30-7-3-1-4-8-30)47-38(49-36)51-19-23-59-24-20-51)29-13-17-33(18-14-29)44-37-46-35(42-31-9-5-2-6-10-31)48-39(50-37)52-21-25-60-26-22-52;;/h1-18H,19-27H2,(H,53,54,55)(H,56,57,58)(H2,41,43,45,47,49)(H2,42,44,46,48,50);;/q;2*+1/p-2. The van der Waals surface area contributed by atoms with Gasteiger partial charge in [-0.3, -0.25) is 0 Å². The van der Waals surface area contributed by atoms with E-state index in [2.05, 4.69) is 51.2 Å². The van der Waals surface area contributed by atoms with Gasteiger partial charge in [0.25, 0.3) is 0 Å². The molecule has 0 spiro atoms. The number of ether oxygens (including phenoxy) is 2. The van der Waals surface area contributed by atoms with Crippen LogP contribution in [0.25, 0.3) is 0 Å². The van der Waals surface area contributed by atoms with Crippen LogP contribution in [-0.4, -0.2) is 114 Å². The number of aromatic nitrogens is 6. The van der Waals surface area contributed by atoms with E-state index >= 15 is 0 Å². The minimum Gasteiger partial charge on any atom is -0.748 e. The summed E-state index contributed by atoms with van der Waals surface area (Å²) in [5.74, 6) is -0.0289. The van der Waals surface area contributed by atoms with Gasteiger partial charge in [0.1, 0.15) is 14.9 Å². The Balaban J connectivity index is 0.00000340. The van der Waals surface area contributed by atoms with Crippen molar-refractivity contribution in [3.05, 3.63) is 120 Å². The molecule has 2 aliphatic heterocycles. The number of para-hydroxylation sites is 2. The van der Waals surface area contributed by atoms with Gasteiger partial charge < -0.3 is 49.6 Å². The fourth-order valence-corrected chi connectivity index (χ4v) is 9.60. The minimum absolute atomic E-state index is 0. The normalized spacial score (nSPS) is 14.4. The van der Waals surface area contributed by atoms with E-state index in [1.807, 2.05) is 70.5 Å². The zero-order valence-electron chi connectivity index (χ0n) is 34.9. The third-order valence-corrected chi connectivity index (χ3v) is 12.4. The van der Waals surface area contributed by atoms with Crippen LogP contribution in [0.2, 0.25) is 0 Å². The molecule has 322 valence electrons. The monoisotopic (exact) mass is 926 g/mol. The Hall–Kier alpha value is -4.56. The first kappa shape index (κ1) is 48.9. The summed E-state index contributed by atoms with van der Waals surface area (Å²) in [6, 6.07) is 29.4. The van der Waals surface area contributed by atoms with Crippen molar-refractivity contribution >= 4 is 78.7 Å². The van der Waals surface area contributed by atoms with Crippen molar-refractivity contribution < 1.29 is 94.5 Å². The van der Waals surface area contributed by atoms with E-state index in [9.17, 15) is 25.9 Å². The van der Waals surface area contributed by atoms with Crippen LogP contribution in [0.5, 0.6) is 0 Å². The molecule has 8 rings (SSSR count). The molecule has 0 aliphatic carbocycles. The van der Waals surface area contributed by atoms with Crippen LogP contribution in [0.3, 0.4) is 0 Å². The summed E-state index contributed by atoms with van der Waals surface area (Å²) in [7, 11) is -10.9. The van der Waals surface area contributed by atoms with Crippen molar-refractivity contribution in [1.29, 1.82) is 0 Å². The van der Waals surface area contributed by atoms with Crippen LogP contribution in [0.15, 0.2) is 109 Å². The molecule has 4 heterocycles. The number of morpholine rings is 2. The molecule has 0 saturated carbocycles. The van der Waals surface area contributed by atoms with Gasteiger partial charge in [0.2, 0.25) is 35.7 Å². The Bertz CT molecular complexity index is 2550. The van der Waals surface area contributed by atoms with E-state index in [1.54, 1.807) is 0 Å². The van der Waals surface area contributed by atoms with Gasteiger partial charge in [-0.15, -0.1) is 0 Å². The Morgan fingerprint density at radius 2 is 0.797 bits per heavy atom. The molecule has 0 radical (unpaired) electrons. The Labute approximate surface area is 414 Å². The predicted molar refractivity (Wildman–Crippen MR) is 230 cm³/mol. The molecule has 4 N–H and O–H groups in total. The first-order valence-corrected chi connectivity index (χ1v) is 22.3. The second kappa shape index (κ2) is 21.6. The number of nitrogens with one attached hydrogen (secondary N) is 4. The molecular weight excluding hydrogens is 887 g/mol. The maximum absolute atomic E-state index is 13.3. The van der Waals surface area contributed by atoms with E-state index in [0.29, 0.717) is 75.9 Å². The maximum atomic E-state index is 13.3. The van der Waals surface area contributed by atoms with Crippen molar-refractivity contribution in [1.82, 2.24) is 29.9 Å². The van der Waals surface area contributed by atoms with Crippen LogP contribution >= 0.6 is 0 Å². The van der Waals surface area contributed by atoms with Crippen molar-refractivity contribution in [3.8, 4) is 0 Å². The zero-order valence-corrected chi connectivity index (χ0v) is 40.5. The molecule has 24 heteroatoms. The van der Waals surface area contributed by atoms with E-state index in [4.69, 9.17) is 9.47 Å². The number of hydrogen-bond acceptors (Lipinski definition) is 20. The van der Waals surface area contributed by atoms with Crippen LogP contribution in [0.1, 0.15) is 11.1 Å². The smallest absolute Gasteiger partial charge is 0.748 e. The number of rotatable bonds is 15. The largest absolute Gasteiger partial charge is 1.00 e. The third-order valence-electron chi connectivity index (χ3n) is 9.92. The molecule has 2 aromatic heterocycles. The van der Waals surface area contributed by atoms with E-state index < -0.39 is 30.7 Å². The molecule has 0 amide bonds. The number of hydrogen-bond donors (Lipinski definition) is 4. The Morgan fingerprint density at radius 3 is 1.09 bits per heavy atom. The number of nitrogens with zero attached hydrogens (tertiary/aromatic N) is 8. The summed E-state index contributed by atoms with van der Waals surface area (Å²) in [5, 5.41) is 12.5. The molecule has 2 aliphatic rings. The fourth-order valence-electron chi connectivity index (χ4n) is 6.91. The van der Waals surface area contributed by atoms with Gasteiger partial charge in [0.15, 0.2) is 0 Å². The average Bonchev–Trinajstić information content (AvgIpc) is 3.27. The molecule has 2 fully saturated rings. The van der Waals surface area contributed by atoms with Crippen LogP contribution < -0.4 is 90.2 Å². The maximum Gasteiger partial charge on any atom is 1.00 e. The number of anilines is 10. The van der Waals surface area contributed by atoms with Crippen molar-refractivity contribution in [2.45, 2.75) is 4.75 Å². The van der Waals surface area contributed by atoms with Crippen molar-refractivity contribution in [3.63, 3.8) is 0 Å². The number of benzene rings is 4. The van der Waals surface area contributed by atoms with Gasteiger partial charge in [-0.1, -0.05) is 60.7 Å². The van der Waals surface area contributed by atoms with Crippen LogP contribution in [0, 0.1) is 0 Å². The van der Waals surface area contributed by atoms with Gasteiger partial charge in [0.05, 0.1) is 42.3 Å². The minimum atomic E-state index is -5.60. The average molecular weight is 927 g/mol. The summed E-state index contributed by atoms with van der Waals surface area (Å²) in [4.78, 5) is 31.3. The molecule has 0 bridgehead atoms. The van der Waals surface area contributed by atoms with Crippen molar-refractivity contribution in [2.24, 2.45) is 0 Å². The van der Waals surface area contributed by atoms with E-state index in [0.717, 1.165) is 11.4 Å². The summed E-state index contributed by atoms with van der Waals surface area (Å²) >= 11 is 0. The van der Waals surface area contributed by atoms with Crippen LogP contribution in [0.4, 0.5) is 58.4 Å². The topological polar surface area (TPSA) is 265 Å². The molecule has 0 atom stereocenters. The van der Waals surface area contributed by atoms with Gasteiger partial charge in [-0.05, 0) is 59.7 Å². The summed E-state index contributed by atoms with van der Waals surface area (Å²) < 4.78 is 85.5. The second-order valence-corrected chi connectivity index (χ2v) is 17.1. The van der Waals surface area contributed by atoms with E-state index in [1.165, 1.54) is 48.5 Å². The molecule has 6 aromatic rings. The van der Waals surface area contributed by atoms with Gasteiger partial charge in [0, 0.05) is 48.9 Å². The fraction of sp³-hybridized carbons (Fsp3) is 0.250. The Morgan fingerprint density at radius 1 is 0.484 bits per heavy atom. The molecular formula is C40H40N12Na2O8S2. The third kappa shape index (κ3) is 12.2.